The van der Waals surface area contributed by atoms with Crippen molar-refractivity contribution in [2.24, 2.45) is 5.41 Å². The van der Waals surface area contributed by atoms with Crippen molar-refractivity contribution in [2.75, 3.05) is 7.11 Å². The van der Waals surface area contributed by atoms with Gasteiger partial charge in [-0.1, -0.05) is 61.3 Å². The number of carboxylic acids is 1. The van der Waals surface area contributed by atoms with Crippen LogP contribution in [0.1, 0.15) is 63.1 Å². The van der Waals surface area contributed by atoms with Crippen molar-refractivity contribution in [3.63, 3.8) is 0 Å². The van der Waals surface area contributed by atoms with Crippen LogP contribution in [0.3, 0.4) is 0 Å². The molecule has 1 amide bonds. The van der Waals surface area contributed by atoms with Gasteiger partial charge in [-0.2, -0.15) is 0 Å². The first-order chi connectivity index (χ1) is 15.6. The summed E-state index contributed by atoms with van der Waals surface area (Å²) in [4.78, 5) is 27.7. The first-order valence-corrected chi connectivity index (χ1v) is 11.9. The molecule has 0 spiro atoms. The highest BCUT2D eigenvalue weighted by Crippen LogP contribution is 2.52. The normalized spacial score (nSPS) is 25.0. The topological polar surface area (TPSA) is 66.8 Å². The maximum Gasteiger partial charge on any atom is 0.304 e. The van der Waals surface area contributed by atoms with Crippen LogP contribution in [0.2, 0.25) is 10.0 Å². The number of carbonyl (C=O) groups is 2. The van der Waals surface area contributed by atoms with E-state index in [1.54, 1.807) is 14.0 Å². The molecule has 0 aromatic heterocycles. The van der Waals surface area contributed by atoms with Crippen LogP contribution in [0.15, 0.2) is 48.5 Å². The molecule has 5 atom stereocenters. The summed E-state index contributed by atoms with van der Waals surface area (Å²) in [7, 11) is 1.63. The lowest BCUT2D eigenvalue weighted by molar-refractivity contribution is -0.164. The van der Waals surface area contributed by atoms with Crippen molar-refractivity contribution >= 4 is 35.1 Å². The van der Waals surface area contributed by atoms with Crippen LogP contribution in [-0.4, -0.2) is 41.1 Å². The molecule has 2 aromatic carbocycles. The van der Waals surface area contributed by atoms with Gasteiger partial charge in [-0.25, -0.2) is 0 Å². The molecule has 1 aliphatic heterocycles. The Kier molecular flexibility index (Phi) is 8.09. The highest BCUT2D eigenvalue weighted by molar-refractivity contribution is 6.30. The number of benzene rings is 2. The van der Waals surface area contributed by atoms with E-state index < -0.39 is 11.4 Å². The number of halogens is 2. The summed E-state index contributed by atoms with van der Waals surface area (Å²) in [6, 6.07) is 14.6. The van der Waals surface area contributed by atoms with Gasteiger partial charge in [-0.3, -0.25) is 9.59 Å². The van der Waals surface area contributed by atoms with E-state index in [2.05, 4.69) is 0 Å². The standard InChI is InChI=1S/C26H31Cl2NO4/c1-5-22(16(2)33-4)29-24(17-9-11-19(27)12-10-17)21(18-7-6-8-20(28)13-18)14-26(3,25(29)32)15-23(30)31/h6-13,16,21-22,24H,5,14-15H2,1-4H3,(H,30,31)/t16-,21+,22-,24+,26-/m0/s1. The number of amides is 1. The predicted octanol–water partition coefficient (Wildman–Crippen LogP) is 6.35. The molecule has 1 saturated heterocycles. The van der Waals surface area contributed by atoms with Crippen LogP contribution in [0.5, 0.6) is 0 Å². The minimum absolute atomic E-state index is 0.162. The number of hydrogen-bond donors (Lipinski definition) is 1. The Morgan fingerprint density at radius 3 is 2.39 bits per heavy atom. The minimum atomic E-state index is -1.07. The molecule has 1 aliphatic rings. The first-order valence-electron chi connectivity index (χ1n) is 11.2. The maximum atomic E-state index is 14.1. The van der Waals surface area contributed by atoms with Gasteiger partial charge in [-0.15, -0.1) is 0 Å². The van der Waals surface area contributed by atoms with Crippen LogP contribution in [-0.2, 0) is 14.3 Å². The molecule has 1 N–H and O–H groups in total. The molecule has 0 unspecified atom stereocenters. The Morgan fingerprint density at radius 2 is 1.85 bits per heavy atom. The zero-order valence-corrected chi connectivity index (χ0v) is 20.9. The van der Waals surface area contributed by atoms with E-state index >= 15 is 0 Å². The van der Waals surface area contributed by atoms with Gasteiger partial charge in [-0.05, 0) is 55.2 Å². The molecule has 0 radical (unpaired) electrons. The molecular weight excluding hydrogens is 461 g/mol. The number of aliphatic carboxylic acids is 1. The highest BCUT2D eigenvalue weighted by Gasteiger charge is 2.52. The quantitative estimate of drug-likeness (QED) is 0.467. The third-order valence-electron chi connectivity index (χ3n) is 6.82. The van der Waals surface area contributed by atoms with Gasteiger partial charge in [0.25, 0.3) is 0 Å². The zero-order valence-electron chi connectivity index (χ0n) is 19.4. The van der Waals surface area contributed by atoms with Gasteiger partial charge in [0, 0.05) is 23.1 Å². The Morgan fingerprint density at radius 1 is 1.18 bits per heavy atom. The van der Waals surface area contributed by atoms with E-state index in [-0.39, 0.29) is 36.4 Å². The third-order valence-corrected chi connectivity index (χ3v) is 7.31. The number of hydrogen-bond acceptors (Lipinski definition) is 3. The summed E-state index contributed by atoms with van der Waals surface area (Å²) in [6.07, 6.45) is 0.571. The van der Waals surface area contributed by atoms with Crippen LogP contribution >= 0.6 is 23.2 Å². The van der Waals surface area contributed by atoms with Gasteiger partial charge >= 0.3 is 5.97 Å². The molecule has 1 heterocycles. The highest BCUT2D eigenvalue weighted by atomic mass is 35.5. The number of carbonyl (C=O) groups excluding carboxylic acids is 1. The van der Waals surface area contributed by atoms with E-state index in [1.807, 2.05) is 67.3 Å². The Hall–Kier alpha value is -2.08. The molecule has 3 rings (SSSR count). The summed E-state index contributed by atoms with van der Waals surface area (Å²) in [5.41, 5.74) is 0.844. The van der Waals surface area contributed by atoms with Crippen molar-refractivity contribution in [1.29, 1.82) is 0 Å². The summed E-state index contributed by atoms with van der Waals surface area (Å²) in [5.74, 6) is -1.32. The number of carboxylic acid groups (broad SMARTS) is 1. The van der Waals surface area contributed by atoms with E-state index in [9.17, 15) is 14.7 Å². The molecule has 178 valence electrons. The fourth-order valence-electron chi connectivity index (χ4n) is 5.16. The largest absolute Gasteiger partial charge is 0.481 e. The second-order valence-electron chi connectivity index (χ2n) is 9.12. The van der Waals surface area contributed by atoms with E-state index in [0.717, 1.165) is 11.1 Å². The van der Waals surface area contributed by atoms with E-state index in [0.29, 0.717) is 22.9 Å². The average Bonchev–Trinajstić information content (AvgIpc) is 2.77. The summed E-state index contributed by atoms with van der Waals surface area (Å²) >= 11 is 12.5. The Balaban J connectivity index is 2.25. The van der Waals surface area contributed by atoms with E-state index in [1.165, 1.54) is 0 Å². The molecule has 5 nitrogen and oxygen atoms in total. The molecule has 0 bridgehead atoms. The van der Waals surface area contributed by atoms with Crippen molar-refractivity contribution in [1.82, 2.24) is 4.90 Å². The average molecular weight is 492 g/mol. The molecular formula is C26H31Cl2NO4. The Bertz CT molecular complexity index is 996. The minimum Gasteiger partial charge on any atom is -0.481 e. The lowest BCUT2D eigenvalue weighted by Gasteiger charge is -2.52. The number of methoxy groups -OCH3 is 1. The van der Waals surface area contributed by atoms with Crippen LogP contribution in [0.4, 0.5) is 0 Å². The van der Waals surface area contributed by atoms with Crippen molar-refractivity contribution in [3.8, 4) is 0 Å². The van der Waals surface area contributed by atoms with Gasteiger partial charge in [0.15, 0.2) is 0 Å². The van der Waals surface area contributed by atoms with Crippen LogP contribution in [0, 0.1) is 5.41 Å². The fraction of sp³-hybridized carbons (Fsp3) is 0.462. The van der Waals surface area contributed by atoms with Gasteiger partial charge in [0.05, 0.1) is 30.0 Å². The molecule has 7 heteroatoms. The Labute approximate surface area is 205 Å². The van der Waals surface area contributed by atoms with Crippen LogP contribution < -0.4 is 0 Å². The number of likely N-dealkylation sites (tertiary alicyclic amines) is 1. The van der Waals surface area contributed by atoms with E-state index in [4.69, 9.17) is 27.9 Å². The number of ether oxygens (including phenoxy) is 1. The fourth-order valence-corrected chi connectivity index (χ4v) is 5.48. The predicted molar refractivity (Wildman–Crippen MR) is 131 cm³/mol. The smallest absolute Gasteiger partial charge is 0.304 e. The molecule has 33 heavy (non-hydrogen) atoms. The SMILES string of the molecule is CC[C@@H]([C@H](C)OC)N1C(=O)[C@](C)(CC(=O)O)C[C@H](c2cccc(Cl)c2)[C@H]1c1ccc(Cl)cc1. The van der Waals surface area contributed by atoms with Crippen LogP contribution in [0.25, 0.3) is 0 Å². The number of rotatable bonds is 8. The maximum absolute atomic E-state index is 14.1. The summed E-state index contributed by atoms with van der Waals surface area (Å²) < 4.78 is 5.66. The molecule has 2 aromatic rings. The third kappa shape index (κ3) is 5.37. The zero-order chi connectivity index (χ0) is 24.3. The van der Waals surface area contributed by atoms with Crippen molar-refractivity contribution in [2.45, 2.75) is 64.1 Å². The van der Waals surface area contributed by atoms with Gasteiger partial charge < -0.3 is 14.7 Å². The first kappa shape index (κ1) is 25.5. The van der Waals surface area contributed by atoms with Gasteiger partial charge in [0.2, 0.25) is 5.91 Å². The summed E-state index contributed by atoms with van der Waals surface area (Å²) in [6.45, 7) is 5.72. The monoisotopic (exact) mass is 491 g/mol. The lowest BCUT2D eigenvalue weighted by Crippen LogP contribution is -2.58. The number of nitrogens with zero attached hydrogens (tertiary/aromatic N) is 1. The van der Waals surface area contributed by atoms with Crippen molar-refractivity contribution < 1.29 is 19.4 Å². The molecule has 0 aliphatic carbocycles. The van der Waals surface area contributed by atoms with Crippen molar-refractivity contribution in [3.05, 3.63) is 69.7 Å². The second-order valence-corrected chi connectivity index (χ2v) is 9.99. The van der Waals surface area contributed by atoms with Gasteiger partial charge in [0.1, 0.15) is 0 Å². The lowest BCUT2D eigenvalue weighted by atomic mass is 9.67. The second kappa shape index (κ2) is 10.5. The molecule has 1 fully saturated rings. The summed E-state index contributed by atoms with van der Waals surface area (Å²) in [5, 5.41) is 10.9. The molecule has 0 saturated carbocycles. The number of piperidine rings is 1.